The van der Waals surface area contributed by atoms with E-state index in [4.69, 9.17) is 9.84 Å². The monoisotopic (exact) mass is 146 g/mol. The van der Waals surface area contributed by atoms with E-state index in [2.05, 4.69) is 0 Å². The molecule has 0 unspecified atom stereocenters. The Balaban J connectivity index is 3.25. The minimum Gasteiger partial charge on any atom is -0.394 e. The average molecular weight is 146 g/mol. The van der Waals surface area contributed by atoms with Crippen LogP contribution >= 0.6 is 0 Å². The molecule has 0 aliphatic heterocycles. The third kappa shape index (κ3) is 4.17. The maximum absolute atomic E-state index is 9.96. The third-order valence-corrected chi connectivity index (χ3v) is 0.896. The fraction of sp³-hybridized carbons (Fsp3) is 0.667. The van der Waals surface area contributed by atoms with Crippen LogP contribution < -0.4 is 0 Å². The summed E-state index contributed by atoms with van der Waals surface area (Å²) in [6, 6.07) is 0. The number of aliphatic hydroxyl groups is 1. The molecule has 0 rings (SSSR count). The number of ether oxygens (including phenoxy) is 1. The number of aliphatic hydroxyl groups excluding tert-OH is 1. The minimum atomic E-state index is -0.688. The van der Waals surface area contributed by atoms with Crippen LogP contribution in [0.3, 0.4) is 0 Å². The van der Waals surface area contributed by atoms with E-state index in [-0.39, 0.29) is 19.8 Å². The topological polar surface area (TPSA) is 63.6 Å². The fourth-order valence-corrected chi connectivity index (χ4v) is 0.395. The second-order valence-electron chi connectivity index (χ2n) is 1.73. The van der Waals surface area contributed by atoms with E-state index in [9.17, 15) is 9.59 Å². The molecule has 0 aromatic carbocycles. The zero-order valence-corrected chi connectivity index (χ0v) is 5.53. The van der Waals surface area contributed by atoms with E-state index in [1.807, 2.05) is 0 Å². The van der Waals surface area contributed by atoms with Crippen molar-refractivity contribution in [3.05, 3.63) is 0 Å². The summed E-state index contributed by atoms with van der Waals surface area (Å²) in [4.78, 5) is 19.9. The van der Waals surface area contributed by atoms with Crippen molar-refractivity contribution < 1.29 is 19.4 Å². The Morgan fingerprint density at radius 3 is 2.40 bits per heavy atom. The lowest BCUT2D eigenvalue weighted by Gasteiger charge is -2.01. The molecule has 0 bridgehead atoms. The van der Waals surface area contributed by atoms with Crippen LogP contribution in [0.25, 0.3) is 0 Å². The Hall–Kier alpha value is -0.740. The molecule has 0 saturated carbocycles. The molecule has 0 atom stereocenters. The fourth-order valence-electron chi connectivity index (χ4n) is 0.395. The van der Waals surface area contributed by atoms with Gasteiger partial charge in [-0.1, -0.05) is 0 Å². The largest absolute Gasteiger partial charge is 0.394 e. The van der Waals surface area contributed by atoms with Gasteiger partial charge in [0.1, 0.15) is 12.6 Å². The Morgan fingerprint density at radius 1 is 1.40 bits per heavy atom. The first-order chi connectivity index (χ1) is 4.85. The van der Waals surface area contributed by atoms with Crippen molar-refractivity contribution in [2.24, 2.45) is 5.92 Å². The highest BCUT2D eigenvalue weighted by molar-refractivity contribution is 5.77. The van der Waals surface area contributed by atoms with Crippen molar-refractivity contribution in [1.82, 2.24) is 0 Å². The highest BCUT2D eigenvalue weighted by Gasteiger charge is 2.03. The lowest BCUT2D eigenvalue weighted by Crippen LogP contribution is -2.13. The lowest BCUT2D eigenvalue weighted by molar-refractivity contribution is -0.121. The van der Waals surface area contributed by atoms with Crippen LogP contribution in [0.15, 0.2) is 0 Å². The molecule has 1 N–H and O–H groups in total. The minimum absolute atomic E-state index is 0.0631. The second-order valence-corrected chi connectivity index (χ2v) is 1.73. The van der Waals surface area contributed by atoms with Gasteiger partial charge in [0.05, 0.1) is 25.7 Å². The summed E-state index contributed by atoms with van der Waals surface area (Å²) in [5, 5.41) is 8.22. The average Bonchev–Trinajstić information content (AvgIpc) is 1.99. The van der Waals surface area contributed by atoms with E-state index in [0.29, 0.717) is 12.6 Å². The Labute approximate surface area is 58.8 Å². The van der Waals surface area contributed by atoms with Crippen molar-refractivity contribution >= 4 is 12.6 Å². The van der Waals surface area contributed by atoms with E-state index in [1.54, 1.807) is 0 Å². The van der Waals surface area contributed by atoms with Gasteiger partial charge in [-0.05, 0) is 0 Å². The van der Waals surface area contributed by atoms with E-state index in [1.165, 1.54) is 0 Å². The molecular formula is C6H10O4. The van der Waals surface area contributed by atoms with Crippen molar-refractivity contribution in [3.63, 3.8) is 0 Å². The van der Waals surface area contributed by atoms with Gasteiger partial charge >= 0.3 is 0 Å². The normalized spacial score (nSPS) is 9.80. The number of hydrogen-bond acceptors (Lipinski definition) is 4. The molecule has 0 radical (unpaired) electrons. The third-order valence-electron chi connectivity index (χ3n) is 0.896. The molecule has 0 aromatic rings. The molecule has 0 aliphatic carbocycles. The summed E-state index contributed by atoms with van der Waals surface area (Å²) in [5.74, 6) is -0.688. The van der Waals surface area contributed by atoms with Gasteiger partial charge in [0.25, 0.3) is 0 Å². The van der Waals surface area contributed by atoms with Gasteiger partial charge in [-0.25, -0.2) is 0 Å². The molecule has 0 spiro atoms. The standard InChI is InChI=1S/C6H10O4/c7-1-2-10-5-6(3-8)4-9/h3-4,6-7H,1-2,5H2. The number of rotatable bonds is 6. The number of hydrogen-bond donors (Lipinski definition) is 1. The first kappa shape index (κ1) is 9.26. The van der Waals surface area contributed by atoms with Crippen molar-refractivity contribution in [2.45, 2.75) is 0 Å². The first-order valence-electron chi connectivity index (χ1n) is 2.94. The molecule has 0 aromatic heterocycles. The summed E-state index contributed by atoms with van der Waals surface area (Å²) >= 11 is 0. The van der Waals surface area contributed by atoms with Gasteiger partial charge in [0.15, 0.2) is 0 Å². The Bertz CT molecular complexity index is 93.9. The summed E-state index contributed by atoms with van der Waals surface area (Å²) in [5.41, 5.74) is 0. The van der Waals surface area contributed by atoms with Crippen LogP contribution in [-0.4, -0.2) is 37.5 Å². The summed E-state index contributed by atoms with van der Waals surface area (Å²) in [6.07, 6.45) is 1.04. The predicted octanol–water partition coefficient (Wildman–Crippen LogP) is -0.991. The van der Waals surface area contributed by atoms with E-state index in [0.717, 1.165) is 0 Å². The zero-order valence-electron chi connectivity index (χ0n) is 5.53. The second kappa shape index (κ2) is 6.38. The molecular weight excluding hydrogens is 136 g/mol. The summed E-state index contributed by atoms with van der Waals surface area (Å²) in [6.45, 7) is 0.135. The highest BCUT2D eigenvalue weighted by Crippen LogP contribution is 1.86. The Kier molecular flexibility index (Phi) is 5.91. The molecule has 4 heteroatoms. The van der Waals surface area contributed by atoms with Crippen molar-refractivity contribution in [2.75, 3.05) is 19.8 Å². The SMILES string of the molecule is O=CC(C=O)COCCO. The lowest BCUT2D eigenvalue weighted by atomic mass is 10.2. The maximum atomic E-state index is 9.96. The number of carbonyl (C=O) groups excluding carboxylic acids is 2. The van der Waals surface area contributed by atoms with Gasteiger partial charge in [-0.2, -0.15) is 0 Å². The van der Waals surface area contributed by atoms with Crippen LogP contribution in [0.5, 0.6) is 0 Å². The van der Waals surface area contributed by atoms with Crippen LogP contribution in [0.2, 0.25) is 0 Å². The summed E-state index contributed by atoms with van der Waals surface area (Å²) < 4.78 is 4.71. The molecule has 0 saturated heterocycles. The van der Waals surface area contributed by atoms with Crippen molar-refractivity contribution in [1.29, 1.82) is 0 Å². The van der Waals surface area contributed by atoms with E-state index >= 15 is 0 Å². The van der Waals surface area contributed by atoms with Gasteiger partial charge < -0.3 is 19.4 Å². The Morgan fingerprint density at radius 2 is 2.00 bits per heavy atom. The van der Waals surface area contributed by atoms with Gasteiger partial charge in [-0.15, -0.1) is 0 Å². The van der Waals surface area contributed by atoms with E-state index < -0.39 is 5.92 Å². The maximum Gasteiger partial charge on any atom is 0.132 e. The van der Waals surface area contributed by atoms with Gasteiger partial charge in [0, 0.05) is 0 Å². The molecule has 10 heavy (non-hydrogen) atoms. The van der Waals surface area contributed by atoms with Gasteiger partial charge in [-0.3, -0.25) is 0 Å². The number of carbonyl (C=O) groups is 2. The zero-order chi connectivity index (χ0) is 7.82. The van der Waals surface area contributed by atoms with Crippen LogP contribution in [0.4, 0.5) is 0 Å². The summed E-state index contributed by atoms with van der Waals surface area (Å²) in [7, 11) is 0. The predicted molar refractivity (Wildman–Crippen MR) is 33.5 cm³/mol. The van der Waals surface area contributed by atoms with Crippen LogP contribution in [0, 0.1) is 5.92 Å². The molecule has 58 valence electrons. The van der Waals surface area contributed by atoms with Gasteiger partial charge in [0.2, 0.25) is 0 Å². The molecule has 0 fully saturated rings. The first-order valence-corrected chi connectivity index (χ1v) is 2.94. The molecule has 0 heterocycles. The smallest absolute Gasteiger partial charge is 0.132 e. The molecule has 0 amide bonds. The molecule has 4 nitrogen and oxygen atoms in total. The number of aldehydes is 2. The quantitative estimate of drug-likeness (QED) is 0.297. The molecule has 0 aliphatic rings. The van der Waals surface area contributed by atoms with Crippen molar-refractivity contribution in [3.8, 4) is 0 Å². The van der Waals surface area contributed by atoms with Crippen LogP contribution in [0.1, 0.15) is 0 Å². The highest BCUT2D eigenvalue weighted by atomic mass is 16.5. The van der Waals surface area contributed by atoms with Crippen LogP contribution in [-0.2, 0) is 14.3 Å².